The van der Waals surface area contributed by atoms with Gasteiger partial charge in [-0.1, -0.05) is 6.08 Å². The fourth-order valence-corrected chi connectivity index (χ4v) is 2.80. The van der Waals surface area contributed by atoms with Crippen molar-refractivity contribution in [1.29, 1.82) is 0 Å². The number of hydrogen-bond donors (Lipinski definition) is 1. The van der Waals surface area contributed by atoms with Gasteiger partial charge in [-0.05, 0) is 6.92 Å². The van der Waals surface area contributed by atoms with Gasteiger partial charge in [0.2, 0.25) is 5.91 Å². The number of alkyl halides is 3. The Hall–Kier alpha value is -1.57. The van der Waals surface area contributed by atoms with Gasteiger partial charge >= 0.3 is 0 Å². The molecule has 2 atom stereocenters. The van der Waals surface area contributed by atoms with Gasteiger partial charge in [-0.25, -0.2) is 13.2 Å². The van der Waals surface area contributed by atoms with Crippen LogP contribution in [0, 0.1) is 0 Å². The first-order chi connectivity index (χ1) is 10.1. The lowest BCUT2D eigenvalue weighted by atomic mass is 9.88. The zero-order chi connectivity index (χ0) is 16.5. The van der Waals surface area contributed by atoms with Crippen molar-refractivity contribution >= 4 is 11.8 Å². The summed E-state index contributed by atoms with van der Waals surface area (Å²) in [5.74, 6) is -4.17. The molecule has 2 saturated heterocycles. The summed E-state index contributed by atoms with van der Waals surface area (Å²) < 4.78 is 39.5. The normalized spacial score (nSPS) is 32.0. The molecule has 0 saturated carbocycles. The molecule has 2 N–H and O–H groups in total. The maximum absolute atomic E-state index is 14.2. The molecule has 2 rings (SSSR count). The van der Waals surface area contributed by atoms with E-state index in [1.54, 1.807) is 13.0 Å². The van der Waals surface area contributed by atoms with Crippen LogP contribution in [0.15, 0.2) is 12.2 Å². The monoisotopic (exact) mass is 319 g/mol. The molecule has 2 unspecified atom stereocenters. The number of nitrogens with zero attached hydrogens (tertiary/aromatic N) is 2. The van der Waals surface area contributed by atoms with Crippen LogP contribution in [-0.4, -0.2) is 65.4 Å². The second-order valence-electron chi connectivity index (χ2n) is 6.08. The molecule has 2 fully saturated rings. The zero-order valence-corrected chi connectivity index (χ0v) is 12.4. The summed E-state index contributed by atoms with van der Waals surface area (Å²) in [5, 5.41) is 0. The van der Waals surface area contributed by atoms with Crippen LogP contribution in [0.2, 0.25) is 0 Å². The van der Waals surface area contributed by atoms with E-state index in [0.717, 1.165) is 4.90 Å². The molecule has 0 aliphatic carbocycles. The van der Waals surface area contributed by atoms with Crippen molar-refractivity contribution < 1.29 is 22.8 Å². The minimum atomic E-state index is -2.77. The Bertz CT molecular complexity index is 490. The summed E-state index contributed by atoms with van der Waals surface area (Å²) >= 11 is 0. The summed E-state index contributed by atoms with van der Waals surface area (Å²) in [4.78, 5) is 25.7. The van der Waals surface area contributed by atoms with E-state index in [-0.39, 0.29) is 18.9 Å². The van der Waals surface area contributed by atoms with Gasteiger partial charge in [0, 0.05) is 38.0 Å². The molecule has 0 aromatic heterocycles. The second kappa shape index (κ2) is 5.91. The predicted molar refractivity (Wildman–Crippen MR) is 74.0 cm³/mol. The Balaban J connectivity index is 1.79. The van der Waals surface area contributed by atoms with Crippen molar-refractivity contribution in [1.82, 2.24) is 9.80 Å². The Kier molecular flexibility index (Phi) is 4.51. The average Bonchev–Trinajstić information content (AvgIpc) is 2.38. The molecule has 2 heterocycles. The number of likely N-dealkylation sites (tertiary alicyclic amines) is 2. The SMILES string of the molecule is CC1CC(F)(C(N)=O)CCN1C/C=C\C(=O)N1CC(F)(F)C1. The lowest BCUT2D eigenvalue weighted by Gasteiger charge is -2.39. The van der Waals surface area contributed by atoms with Crippen LogP contribution in [0.3, 0.4) is 0 Å². The number of hydrogen-bond acceptors (Lipinski definition) is 3. The fourth-order valence-electron chi connectivity index (χ4n) is 2.80. The van der Waals surface area contributed by atoms with Crippen LogP contribution >= 0.6 is 0 Å². The average molecular weight is 319 g/mol. The largest absolute Gasteiger partial charge is 0.367 e. The quantitative estimate of drug-likeness (QED) is 0.776. The first-order valence-electron chi connectivity index (χ1n) is 7.19. The molecular weight excluding hydrogens is 299 g/mol. The molecule has 0 aromatic carbocycles. The Morgan fingerprint density at radius 2 is 1.95 bits per heavy atom. The van der Waals surface area contributed by atoms with Crippen molar-refractivity contribution in [2.24, 2.45) is 5.73 Å². The van der Waals surface area contributed by atoms with E-state index >= 15 is 0 Å². The van der Waals surface area contributed by atoms with Gasteiger partial charge in [-0.3, -0.25) is 14.5 Å². The molecule has 0 aromatic rings. The van der Waals surface area contributed by atoms with Crippen LogP contribution in [0.1, 0.15) is 19.8 Å². The maximum atomic E-state index is 14.2. The van der Waals surface area contributed by atoms with E-state index in [9.17, 15) is 22.8 Å². The zero-order valence-electron chi connectivity index (χ0n) is 12.4. The molecule has 2 aliphatic rings. The third kappa shape index (κ3) is 3.60. The van der Waals surface area contributed by atoms with E-state index in [1.165, 1.54) is 6.08 Å². The fraction of sp³-hybridized carbons (Fsp3) is 0.714. The summed E-state index contributed by atoms with van der Waals surface area (Å²) in [5.41, 5.74) is 3.09. The van der Waals surface area contributed by atoms with Crippen LogP contribution < -0.4 is 5.73 Å². The molecule has 124 valence electrons. The minimum Gasteiger partial charge on any atom is -0.367 e. The lowest BCUT2D eigenvalue weighted by Crippen LogP contribution is -2.58. The van der Waals surface area contributed by atoms with Crippen molar-refractivity contribution in [2.45, 2.75) is 37.4 Å². The van der Waals surface area contributed by atoms with Gasteiger partial charge in [0.15, 0.2) is 5.67 Å². The highest BCUT2D eigenvalue weighted by molar-refractivity contribution is 5.88. The third-order valence-electron chi connectivity index (χ3n) is 4.24. The second-order valence-corrected chi connectivity index (χ2v) is 6.08. The number of rotatable bonds is 4. The van der Waals surface area contributed by atoms with E-state index in [1.807, 2.05) is 4.90 Å². The van der Waals surface area contributed by atoms with Crippen LogP contribution in [0.4, 0.5) is 13.2 Å². The van der Waals surface area contributed by atoms with Crippen LogP contribution in [0.25, 0.3) is 0 Å². The van der Waals surface area contributed by atoms with Crippen LogP contribution in [0.5, 0.6) is 0 Å². The molecule has 0 spiro atoms. The number of nitrogens with two attached hydrogens (primary N) is 1. The number of amides is 2. The Morgan fingerprint density at radius 1 is 1.32 bits per heavy atom. The lowest BCUT2D eigenvalue weighted by molar-refractivity contribution is -0.160. The smallest absolute Gasteiger partial charge is 0.282 e. The highest BCUT2D eigenvalue weighted by Gasteiger charge is 2.45. The molecule has 5 nitrogen and oxygen atoms in total. The minimum absolute atomic E-state index is 0.0163. The number of piperidine rings is 1. The van der Waals surface area contributed by atoms with E-state index in [4.69, 9.17) is 5.73 Å². The summed E-state index contributed by atoms with van der Waals surface area (Å²) in [6.07, 6.45) is 2.87. The highest BCUT2D eigenvalue weighted by Crippen LogP contribution is 2.30. The number of carbonyl (C=O) groups is 2. The molecule has 22 heavy (non-hydrogen) atoms. The van der Waals surface area contributed by atoms with E-state index < -0.39 is 36.5 Å². The van der Waals surface area contributed by atoms with Crippen molar-refractivity contribution in [3.05, 3.63) is 12.2 Å². The highest BCUT2D eigenvalue weighted by atomic mass is 19.3. The first kappa shape index (κ1) is 16.8. The summed E-state index contributed by atoms with van der Waals surface area (Å²) in [6, 6.07) is -0.195. The predicted octanol–water partition coefficient (Wildman–Crippen LogP) is 0.698. The number of halogens is 3. The molecule has 2 aliphatic heterocycles. The van der Waals surface area contributed by atoms with Crippen LogP contribution in [-0.2, 0) is 9.59 Å². The van der Waals surface area contributed by atoms with E-state index in [2.05, 4.69) is 0 Å². The van der Waals surface area contributed by atoms with Gasteiger partial charge in [-0.2, -0.15) is 0 Å². The van der Waals surface area contributed by atoms with Gasteiger partial charge in [0.1, 0.15) is 0 Å². The molecule has 0 radical (unpaired) electrons. The first-order valence-corrected chi connectivity index (χ1v) is 7.19. The summed E-state index contributed by atoms with van der Waals surface area (Å²) in [7, 11) is 0. The Labute approximate surface area is 126 Å². The van der Waals surface area contributed by atoms with Crippen molar-refractivity contribution in [3.8, 4) is 0 Å². The maximum Gasteiger partial charge on any atom is 0.282 e. The van der Waals surface area contributed by atoms with E-state index in [0.29, 0.717) is 13.1 Å². The van der Waals surface area contributed by atoms with Crippen molar-refractivity contribution in [3.63, 3.8) is 0 Å². The topological polar surface area (TPSA) is 66.6 Å². The number of carbonyl (C=O) groups excluding carboxylic acids is 2. The third-order valence-corrected chi connectivity index (χ3v) is 4.24. The standard InChI is InChI=1S/C14H20F3N3O2/c1-10-7-13(15,12(18)22)4-6-19(10)5-2-3-11(21)20-8-14(16,17)9-20/h2-3,10H,4-9H2,1H3,(H2,18,22)/b3-2-. The van der Waals surface area contributed by atoms with Gasteiger partial charge in [0.05, 0.1) is 13.1 Å². The van der Waals surface area contributed by atoms with Gasteiger partial charge in [0.25, 0.3) is 11.8 Å². The van der Waals surface area contributed by atoms with Gasteiger partial charge < -0.3 is 10.6 Å². The van der Waals surface area contributed by atoms with Crippen molar-refractivity contribution in [2.75, 3.05) is 26.2 Å². The molecular formula is C14H20F3N3O2. The van der Waals surface area contributed by atoms with Gasteiger partial charge in [-0.15, -0.1) is 0 Å². The molecule has 8 heteroatoms. The molecule has 2 amide bonds. The molecule has 0 bridgehead atoms. The summed E-state index contributed by atoms with van der Waals surface area (Å²) in [6.45, 7) is 1.44. The Morgan fingerprint density at radius 3 is 2.45 bits per heavy atom. The number of primary amides is 1.